The SMILES string of the molecule is C/C=C\CS[C@H]1c2c(OCc3ccccc3)cc(OCc3ccccc3)cc2O[C@H](c2ccc(OCc3ccccc3)c(OCc3ccccc3)c2)[C@H]1O. The fourth-order valence-corrected chi connectivity index (χ4v) is 7.53. The second-order valence-electron chi connectivity index (χ2n) is 13.0. The minimum atomic E-state index is -0.916. The van der Waals surface area contributed by atoms with Crippen LogP contribution in [0.15, 0.2) is 164 Å². The van der Waals surface area contributed by atoms with Gasteiger partial charge in [0, 0.05) is 17.9 Å². The van der Waals surface area contributed by atoms with Gasteiger partial charge in [0.1, 0.15) is 49.8 Å². The number of rotatable bonds is 16. The van der Waals surface area contributed by atoms with Crippen LogP contribution in [-0.2, 0) is 26.4 Å². The number of hydrogen-bond donors (Lipinski definition) is 1. The van der Waals surface area contributed by atoms with Crippen LogP contribution in [0, 0.1) is 0 Å². The maximum absolute atomic E-state index is 12.3. The molecule has 1 N–H and O–H groups in total. The van der Waals surface area contributed by atoms with Gasteiger partial charge >= 0.3 is 0 Å². The predicted octanol–water partition coefficient (Wildman–Crippen LogP) is 10.8. The zero-order valence-electron chi connectivity index (χ0n) is 30.3. The van der Waals surface area contributed by atoms with E-state index in [0.29, 0.717) is 60.9 Å². The third-order valence-electron chi connectivity index (χ3n) is 9.10. The zero-order valence-corrected chi connectivity index (χ0v) is 31.1. The number of aliphatic hydroxyl groups is 1. The van der Waals surface area contributed by atoms with E-state index in [0.717, 1.165) is 33.4 Å². The van der Waals surface area contributed by atoms with Gasteiger partial charge in [0.2, 0.25) is 0 Å². The Bertz CT molecular complexity index is 2090. The van der Waals surface area contributed by atoms with E-state index in [-0.39, 0.29) is 5.25 Å². The molecule has 0 aliphatic carbocycles. The number of benzene rings is 6. The molecule has 3 atom stereocenters. The molecule has 0 bridgehead atoms. The highest BCUT2D eigenvalue weighted by Crippen LogP contribution is 2.53. The van der Waals surface area contributed by atoms with E-state index in [1.807, 2.05) is 165 Å². The molecule has 54 heavy (non-hydrogen) atoms. The zero-order chi connectivity index (χ0) is 37.0. The van der Waals surface area contributed by atoms with Crippen molar-refractivity contribution in [1.82, 2.24) is 0 Å². The van der Waals surface area contributed by atoms with Gasteiger partial charge in [-0.25, -0.2) is 0 Å². The van der Waals surface area contributed by atoms with Crippen LogP contribution in [0.25, 0.3) is 0 Å². The molecule has 0 saturated heterocycles. The van der Waals surface area contributed by atoms with Crippen molar-refractivity contribution in [3.63, 3.8) is 0 Å². The molecular weight excluding hydrogens is 693 g/mol. The summed E-state index contributed by atoms with van der Waals surface area (Å²) >= 11 is 1.65. The maximum atomic E-state index is 12.3. The van der Waals surface area contributed by atoms with Gasteiger partial charge in [0.15, 0.2) is 17.6 Å². The van der Waals surface area contributed by atoms with Crippen LogP contribution in [0.4, 0.5) is 0 Å². The molecule has 6 aromatic rings. The topological polar surface area (TPSA) is 66.4 Å². The second kappa shape index (κ2) is 18.4. The highest BCUT2D eigenvalue weighted by atomic mass is 32.2. The molecule has 6 nitrogen and oxygen atoms in total. The molecule has 1 aliphatic rings. The first kappa shape index (κ1) is 36.7. The predicted molar refractivity (Wildman–Crippen MR) is 215 cm³/mol. The summed E-state index contributed by atoms with van der Waals surface area (Å²) in [5, 5.41) is 11.9. The molecule has 7 heteroatoms. The third-order valence-corrected chi connectivity index (χ3v) is 10.4. The maximum Gasteiger partial charge on any atom is 0.162 e. The molecule has 0 aromatic heterocycles. The number of hydrogen-bond acceptors (Lipinski definition) is 7. The monoisotopic (exact) mass is 736 g/mol. The fraction of sp³-hybridized carbons (Fsp3) is 0.191. The van der Waals surface area contributed by atoms with Crippen molar-refractivity contribution in [2.24, 2.45) is 0 Å². The van der Waals surface area contributed by atoms with Gasteiger partial charge in [-0.1, -0.05) is 140 Å². The van der Waals surface area contributed by atoms with Crippen molar-refractivity contribution >= 4 is 11.8 Å². The Kier molecular flexibility index (Phi) is 12.5. The molecular formula is C47H44O6S. The Morgan fingerprint density at radius 3 is 1.61 bits per heavy atom. The molecule has 1 heterocycles. The average molecular weight is 737 g/mol. The van der Waals surface area contributed by atoms with Gasteiger partial charge in [0.25, 0.3) is 0 Å². The van der Waals surface area contributed by atoms with Gasteiger partial charge in [-0.2, -0.15) is 0 Å². The molecule has 0 amide bonds. The summed E-state index contributed by atoms with van der Waals surface area (Å²) in [4.78, 5) is 0. The summed E-state index contributed by atoms with van der Waals surface area (Å²) in [6.45, 7) is 3.48. The lowest BCUT2D eigenvalue weighted by molar-refractivity contribution is 0.0170. The first-order chi connectivity index (χ1) is 26.6. The van der Waals surface area contributed by atoms with Crippen molar-refractivity contribution in [2.75, 3.05) is 5.75 Å². The molecule has 0 saturated carbocycles. The van der Waals surface area contributed by atoms with Crippen LogP contribution < -0.4 is 23.7 Å². The normalized spacial score (nSPS) is 16.3. The van der Waals surface area contributed by atoms with Crippen molar-refractivity contribution < 1.29 is 28.8 Å². The first-order valence-corrected chi connectivity index (χ1v) is 19.3. The molecule has 0 radical (unpaired) electrons. The van der Waals surface area contributed by atoms with Crippen molar-refractivity contribution in [1.29, 1.82) is 0 Å². The van der Waals surface area contributed by atoms with E-state index in [9.17, 15) is 5.11 Å². The second-order valence-corrected chi connectivity index (χ2v) is 14.2. The summed E-state index contributed by atoms with van der Waals surface area (Å²) in [7, 11) is 0. The number of aliphatic hydroxyl groups excluding tert-OH is 1. The Morgan fingerprint density at radius 1 is 0.574 bits per heavy atom. The Balaban J connectivity index is 1.24. The van der Waals surface area contributed by atoms with Crippen LogP contribution in [0.1, 0.15) is 51.7 Å². The van der Waals surface area contributed by atoms with E-state index in [1.165, 1.54) is 0 Å². The summed E-state index contributed by atoms with van der Waals surface area (Å²) in [6, 6.07) is 49.8. The van der Waals surface area contributed by atoms with Gasteiger partial charge in [-0.3, -0.25) is 0 Å². The van der Waals surface area contributed by atoms with Crippen LogP contribution in [0.5, 0.6) is 28.7 Å². The lowest BCUT2D eigenvalue weighted by Crippen LogP contribution is -2.33. The first-order valence-electron chi connectivity index (χ1n) is 18.2. The Morgan fingerprint density at radius 2 is 1.07 bits per heavy atom. The van der Waals surface area contributed by atoms with Gasteiger partial charge < -0.3 is 28.8 Å². The standard InChI is InChI=1S/C47H44O6S/c1-2-3-26-54-47-44-42(52-33-37-22-14-7-15-23-37)28-39(49-30-34-16-8-4-9-17-34)29-43(44)53-46(45(47)48)38-24-25-40(50-31-35-18-10-5-11-19-35)41(27-38)51-32-36-20-12-6-13-21-36/h2-25,27-29,45-48H,26,30-33H2,1H3/b3-2-/t45-,46-,47+/m1/s1. The van der Waals surface area contributed by atoms with E-state index in [2.05, 4.69) is 6.08 Å². The number of allylic oxidation sites excluding steroid dienone is 1. The lowest BCUT2D eigenvalue weighted by atomic mass is 9.93. The van der Waals surface area contributed by atoms with Crippen molar-refractivity contribution in [3.8, 4) is 28.7 Å². The van der Waals surface area contributed by atoms with E-state index < -0.39 is 12.2 Å². The summed E-state index contributed by atoms with van der Waals surface area (Å²) in [5.41, 5.74) is 5.74. The van der Waals surface area contributed by atoms with E-state index in [1.54, 1.807) is 11.8 Å². The van der Waals surface area contributed by atoms with E-state index in [4.69, 9.17) is 23.7 Å². The molecule has 6 aromatic carbocycles. The number of thioether (sulfide) groups is 1. The minimum absolute atomic E-state index is 0.355. The fourth-order valence-electron chi connectivity index (χ4n) is 6.28. The van der Waals surface area contributed by atoms with Gasteiger partial charge in [0.05, 0.1) is 10.8 Å². The van der Waals surface area contributed by atoms with Crippen LogP contribution in [0.3, 0.4) is 0 Å². The van der Waals surface area contributed by atoms with Crippen molar-refractivity contribution in [2.45, 2.75) is 50.8 Å². The summed E-state index contributed by atoms with van der Waals surface area (Å²) in [5.74, 6) is 3.71. The minimum Gasteiger partial charge on any atom is -0.489 e. The van der Waals surface area contributed by atoms with Gasteiger partial charge in [-0.05, 0) is 46.9 Å². The summed E-state index contributed by atoms with van der Waals surface area (Å²) < 4.78 is 32.4. The number of ether oxygens (including phenoxy) is 5. The smallest absolute Gasteiger partial charge is 0.162 e. The highest BCUT2D eigenvalue weighted by Gasteiger charge is 2.41. The van der Waals surface area contributed by atoms with E-state index >= 15 is 0 Å². The quantitative estimate of drug-likeness (QED) is 0.0993. The van der Waals surface area contributed by atoms with Crippen LogP contribution >= 0.6 is 11.8 Å². The van der Waals surface area contributed by atoms with Crippen LogP contribution in [0.2, 0.25) is 0 Å². The molecule has 0 fully saturated rings. The molecule has 274 valence electrons. The van der Waals surface area contributed by atoms with Crippen molar-refractivity contribution in [3.05, 3.63) is 197 Å². The molecule has 1 aliphatic heterocycles. The summed E-state index contributed by atoms with van der Waals surface area (Å²) in [6.07, 6.45) is 2.49. The highest BCUT2D eigenvalue weighted by molar-refractivity contribution is 7.99. The average Bonchev–Trinajstić information content (AvgIpc) is 3.23. The molecule has 0 unspecified atom stereocenters. The lowest BCUT2D eigenvalue weighted by Gasteiger charge is -2.38. The van der Waals surface area contributed by atoms with Crippen LogP contribution in [-0.4, -0.2) is 17.0 Å². The Labute approximate surface area is 322 Å². The van der Waals surface area contributed by atoms with Gasteiger partial charge in [-0.15, -0.1) is 11.8 Å². The largest absolute Gasteiger partial charge is 0.489 e. The third kappa shape index (κ3) is 9.47. The Hall–Kier alpha value is -5.63. The molecule has 7 rings (SSSR count). The molecule has 0 spiro atoms. The number of fused-ring (bicyclic) bond motifs is 1.